The summed E-state index contributed by atoms with van der Waals surface area (Å²) in [7, 11) is 0. The molecule has 0 aliphatic heterocycles. The Hall–Kier alpha value is -1.95. The molecule has 0 heterocycles. The van der Waals surface area contributed by atoms with Crippen LogP contribution in [0.2, 0.25) is 5.02 Å². The van der Waals surface area contributed by atoms with Gasteiger partial charge in [-0.3, -0.25) is 19.7 Å². The zero-order chi connectivity index (χ0) is 17.2. The van der Waals surface area contributed by atoms with Gasteiger partial charge in [0.25, 0.3) is 5.69 Å². The summed E-state index contributed by atoms with van der Waals surface area (Å²) >= 11 is 6.08. The number of rotatable bonds is 10. The first kappa shape index (κ1) is 19.1. The van der Waals surface area contributed by atoms with E-state index in [2.05, 4.69) is 0 Å². The summed E-state index contributed by atoms with van der Waals surface area (Å²) in [6, 6.07) is 2.90. The minimum Gasteiger partial charge on any atom is -0.466 e. The molecule has 6 nitrogen and oxygen atoms in total. The number of hydrogen-bond donors (Lipinski definition) is 0. The zero-order valence-corrected chi connectivity index (χ0v) is 13.8. The number of carbonyl (C=O) groups is 2. The number of unbranched alkanes of at least 4 members (excludes halogenated alkanes) is 3. The molecule has 0 aromatic heterocycles. The van der Waals surface area contributed by atoms with E-state index in [9.17, 15) is 19.7 Å². The van der Waals surface area contributed by atoms with Crippen molar-refractivity contribution in [1.29, 1.82) is 0 Å². The van der Waals surface area contributed by atoms with Crippen molar-refractivity contribution in [1.82, 2.24) is 0 Å². The summed E-state index contributed by atoms with van der Waals surface area (Å²) in [4.78, 5) is 32.4. The average Bonchev–Trinajstić information content (AvgIpc) is 2.51. The summed E-state index contributed by atoms with van der Waals surface area (Å²) in [6.07, 6.45) is 4.87. The van der Waals surface area contributed by atoms with Gasteiger partial charge in [-0.15, -0.1) is 0 Å². The lowest BCUT2D eigenvalue weighted by Crippen LogP contribution is -2.03. The van der Waals surface area contributed by atoms with E-state index >= 15 is 0 Å². The molecule has 0 aliphatic rings. The third-order valence-electron chi connectivity index (χ3n) is 3.43. The molecule has 23 heavy (non-hydrogen) atoms. The van der Waals surface area contributed by atoms with Crippen LogP contribution in [0.15, 0.2) is 12.1 Å². The van der Waals surface area contributed by atoms with Gasteiger partial charge in [0.05, 0.1) is 16.6 Å². The first-order valence-corrected chi connectivity index (χ1v) is 7.95. The number of benzene rings is 1. The van der Waals surface area contributed by atoms with Gasteiger partial charge in [0.15, 0.2) is 6.29 Å². The molecule has 7 heteroatoms. The molecule has 0 radical (unpaired) electrons. The third-order valence-corrected chi connectivity index (χ3v) is 3.88. The SMILES string of the molecule is CCOC(=O)CCCCCCc1ccc([N+](=O)[O-])c(C=O)c1Cl. The highest BCUT2D eigenvalue weighted by atomic mass is 35.5. The van der Waals surface area contributed by atoms with E-state index in [-0.39, 0.29) is 22.2 Å². The number of esters is 1. The normalized spacial score (nSPS) is 10.3. The Kier molecular flexibility index (Phi) is 8.26. The summed E-state index contributed by atoms with van der Waals surface area (Å²) < 4.78 is 4.85. The van der Waals surface area contributed by atoms with Crippen LogP contribution in [0.3, 0.4) is 0 Å². The van der Waals surface area contributed by atoms with Gasteiger partial charge in [-0.2, -0.15) is 0 Å². The van der Waals surface area contributed by atoms with E-state index in [0.29, 0.717) is 25.7 Å². The van der Waals surface area contributed by atoms with Crippen LogP contribution >= 0.6 is 11.6 Å². The summed E-state index contributed by atoms with van der Waals surface area (Å²) in [6.45, 7) is 2.18. The maximum absolute atomic E-state index is 11.2. The molecule has 0 unspecified atom stereocenters. The Morgan fingerprint density at radius 2 is 2.00 bits per heavy atom. The molecular weight excluding hydrogens is 322 g/mol. The summed E-state index contributed by atoms with van der Waals surface area (Å²) in [5.74, 6) is -0.179. The van der Waals surface area contributed by atoms with Gasteiger partial charge >= 0.3 is 5.97 Å². The van der Waals surface area contributed by atoms with Gasteiger partial charge in [-0.05, 0) is 31.7 Å². The highest BCUT2D eigenvalue weighted by molar-refractivity contribution is 6.34. The van der Waals surface area contributed by atoms with Gasteiger partial charge in [0.1, 0.15) is 5.56 Å². The van der Waals surface area contributed by atoms with E-state index in [4.69, 9.17) is 16.3 Å². The fourth-order valence-corrected chi connectivity index (χ4v) is 2.56. The van der Waals surface area contributed by atoms with Crippen LogP contribution in [0.25, 0.3) is 0 Å². The molecule has 1 aromatic carbocycles. The molecule has 0 N–H and O–H groups in total. The molecule has 1 aromatic rings. The fraction of sp³-hybridized carbons (Fsp3) is 0.500. The smallest absolute Gasteiger partial charge is 0.305 e. The van der Waals surface area contributed by atoms with Gasteiger partial charge in [-0.1, -0.05) is 30.5 Å². The van der Waals surface area contributed by atoms with Crippen molar-refractivity contribution in [2.24, 2.45) is 0 Å². The van der Waals surface area contributed by atoms with Crippen LogP contribution in [0.4, 0.5) is 5.69 Å². The molecule has 0 aliphatic carbocycles. The number of nitro groups is 1. The molecule has 0 amide bonds. The number of nitro benzene ring substituents is 1. The first-order chi connectivity index (χ1) is 11.0. The van der Waals surface area contributed by atoms with Crippen molar-refractivity contribution >= 4 is 29.5 Å². The number of hydrogen-bond acceptors (Lipinski definition) is 5. The van der Waals surface area contributed by atoms with E-state index in [1.807, 2.05) is 0 Å². The number of aldehydes is 1. The van der Waals surface area contributed by atoms with Crippen LogP contribution in [0.5, 0.6) is 0 Å². The van der Waals surface area contributed by atoms with Crippen molar-refractivity contribution < 1.29 is 19.2 Å². The predicted molar refractivity (Wildman–Crippen MR) is 86.9 cm³/mol. The first-order valence-electron chi connectivity index (χ1n) is 7.57. The van der Waals surface area contributed by atoms with Crippen molar-refractivity contribution in [2.45, 2.75) is 45.4 Å². The van der Waals surface area contributed by atoms with E-state index < -0.39 is 4.92 Å². The Balaban J connectivity index is 2.45. The standard InChI is InChI=1S/C16H20ClNO5/c1-2-23-15(20)8-6-4-3-5-7-12-9-10-14(18(21)22)13(11-19)16(12)17/h9-11H,2-8H2,1H3. The molecule has 0 fully saturated rings. The van der Waals surface area contributed by atoms with Crippen LogP contribution < -0.4 is 0 Å². The Bertz CT molecular complexity index is 574. The predicted octanol–water partition coefficient (Wildman–Crippen LogP) is 4.12. The van der Waals surface area contributed by atoms with Gasteiger partial charge < -0.3 is 4.74 Å². The highest BCUT2D eigenvalue weighted by Crippen LogP contribution is 2.29. The molecular formula is C16H20ClNO5. The number of nitrogens with zero attached hydrogens (tertiary/aromatic N) is 1. The maximum Gasteiger partial charge on any atom is 0.305 e. The second-order valence-electron chi connectivity index (χ2n) is 5.07. The average molecular weight is 342 g/mol. The van der Waals surface area contributed by atoms with E-state index in [1.165, 1.54) is 6.07 Å². The molecule has 0 saturated carbocycles. The second-order valence-corrected chi connectivity index (χ2v) is 5.44. The quantitative estimate of drug-likeness (QED) is 0.210. The number of carbonyl (C=O) groups excluding carboxylic acids is 2. The monoisotopic (exact) mass is 341 g/mol. The molecule has 0 bridgehead atoms. The molecule has 0 atom stereocenters. The number of ether oxygens (including phenoxy) is 1. The van der Waals surface area contributed by atoms with Crippen LogP contribution in [0, 0.1) is 10.1 Å². The minimum atomic E-state index is -0.616. The molecule has 0 saturated heterocycles. The van der Waals surface area contributed by atoms with Gasteiger partial charge in [0.2, 0.25) is 0 Å². The number of halogens is 1. The Labute approximate surface area is 139 Å². The lowest BCUT2D eigenvalue weighted by Gasteiger charge is -2.07. The zero-order valence-electron chi connectivity index (χ0n) is 13.0. The topological polar surface area (TPSA) is 86.5 Å². The van der Waals surface area contributed by atoms with Crippen molar-refractivity contribution in [3.63, 3.8) is 0 Å². The maximum atomic E-state index is 11.2. The second kappa shape index (κ2) is 9.94. The van der Waals surface area contributed by atoms with Crippen molar-refractivity contribution in [3.05, 3.63) is 38.4 Å². The van der Waals surface area contributed by atoms with E-state index in [1.54, 1.807) is 13.0 Å². The lowest BCUT2D eigenvalue weighted by atomic mass is 10.0. The van der Waals surface area contributed by atoms with E-state index in [0.717, 1.165) is 31.2 Å². The van der Waals surface area contributed by atoms with Crippen LogP contribution in [0.1, 0.15) is 54.9 Å². The lowest BCUT2D eigenvalue weighted by molar-refractivity contribution is -0.385. The molecule has 126 valence electrons. The fourth-order valence-electron chi connectivity index (χ4n) is 2.26. The van der Waals surface area contributed by atoms with Crippen molar-refractivity contribution in [3.8, 4) is 0 Å². The van der Waals surface area contributed by atoms with Gasteiger partial charge in [0, 0.05) is 12.5 Å². The summed E-state index contributed by atoms with van der Waals surface area (Å²) in [5, 5.41) is 11.0. The molecule has 0 spiro atoms. The minimum absolute atomic E-state index is 0.0727. The summed E-state index contributed by atoms with van der Waals surface area (Å²) in [5.41, 5.74) is 0.379. The Morgan fingerprint density at radius 3 is 2.61 bits per heavy atom. The largest absolute Gasteiger partial charge is 0.466 e. The van der Waals surface area contributed by atoms with Gasteiger partial charge in [-0.25, -0.2) is 0 Å². The molecule has 1 rings (SSSR count). The van der Waals surface area contributed by atoms with Crippen LogP contribution in [-0.4, -0.2) is 23.8 Å². The number of aryl methyl sites for hydroxylation is 1. The highest BCUT2D eigenvalue weighted by Gasteiger charge is 2.18. The van der Waals surface area contributed by atoms with Crippen LogP contribution in [-0.2, 0) is 16.0 Å². The third kappa shape index (κ3) is 5.98. The van der Waals surface area contributed by atoms with Crippen molar-refractivity contribution in [2.75, 3.05) is 6.61 Å². The Morgan fingerprint density at radius 1 is 1.30 bits per heavy atom.